The molecule has 1 aromatic rings. The van der Waals surface area contributed by atoms with Crippen molar-refractivity contribution in [2.75, 3.05) is 12.9 Å². The second-order valence-electron chi connectivity index (χ2n) is 4.12. The fraction of sp³-hybridized carbons (Fsp3) is 0.500. The summed E-state index contributed by atoms with van der Waals surface area (Å²) in [5.74, 6) is -1.19. The maximum absolute atomic E-state index is 12.2. The molecule has 1 rings (SSSR count). The quantitative estimate of drug-likeness (QED) is 0.514. The van der Waals surface area contributed by atoms with Crippen LogP contribution in [0.4, 0.5) is 0 Å². The third-order valence-corrected chi connectivity index (χ3v) is 3.29. The van der Waals surface area contributed by atoms with E-state index in [9.17, 15) is 9.59 Å². The first-order valence-electron chi connectivity index (χ1n) is 5.94. The molecule has 0 spiro atoms. The number of aliphatic hydroxyl groups is 1. The lowest BCUT2D eigenvalue weighted by Gasteiger charge is -2.15. The number of aryl methyl sites for hydroxylation is 2. The van der Waals surface area contributed by atoms with Crippen molar-refractivity contribution in [2.45, 2.75) is 31.3 Å². The predicted octanol–water partition coefficient (Wildman–Crippen LogP) is 0.381. The zero-order valence-corrected chi connectivity index (χ0v) is 12.3. The van der Waals surface area contributed by atoms with Gasteiger partial charge in [0.1, 0.15) is 16.9 Å². The normalized spacial score (nSPS) is 12.0. The molecular formula is C12H17N3O4S. The van der Waals surface area contributed by atoms with Crippen LogP contribution in [0.1, 0.15) is 28.3 Å². The van der Waals surface area contributed by atoms with Crippen molar-refractivity contribution in [2.24, 2.45) is 0 Å². The highest BCUT2D eigenvalue weighted by Gasteiger charge is 2.24. The van der Waals surface area contributed by atoms with Gasteiger partial charge >= 0.3 is 5.97 Å². The summed E-state index contributed by atoms with van der Waals surface area (Å²) in [6.45, 7) is 3.07. The second kappa shape index (κ2) is 7.20. The van der Waals surface area contributed by atoms with Crippen LogP contribution in [0.3, 0.4) is 0 Å². The molecule has 20 heavy (non-hydrogen) atoms. The summed E-state index contributed by atoms with van der Waals surface area (Å²) in [5, 5.41) is 20.7. The lowest BCUT2D eigenvalue weighted by atomic mass is 10.1. The van der Waals surface area contributed by atoms with Gasteiger partial charge in [0.05, 0.1) is 11.3 Å². The highest BCUT2D eigenvalue weighted by atomic mass is 32.2. The molecule has 0 saturated carbocycles. The van der Waals surface area contributed by atoms with Crippen LogP contribution < -0.4 is 5.32 Å². The average Bonchev–Trinajstić information content (AvgIpc) is 2.36. The summed E-state index contributed by atoms with van der Waals surface area (Å²) >= 11 is 1.29. The number of amides is 1. The minimum atomic E-state index is -1.19. The predicted molar refractivity (Wildman–Crippen MR) is 73.9 cm³/mol. The van der Waals surface area contributed by atoms with Gasteiger partial charge in [-0.3, -0.25) is 4.79 Å². The van der Waals surface area contributed by atoms with Crippen LogP contribution in [0.5, 0.6) is 0 Å². The van der Waals surface area contributed by atoms with Gasteiger partial charge in [0.15, 0.2) is 0 Å². The molecule has 0 fully saturated rings. The largest absolute Gasteiger partial charge is 0.480 e. The van der Waals surface area contributed by atoms with Crippen LogP contribution >= 0.6 is 11.8 Å². The third-order valence-electron chi connectivity index (χ3n) is 2.61. The topological polar surface area (TPSA) is 112 Å². The number of aliphatic carboxylic acids is 1. The third kappa shape index (κ3) is 3.91. The Morgan fingerprint density at radius 2 is 2.00 bits per heavy atom. The number of carbonyl (C=O) groups excluding carboxylic acids is 1. The number of rotatable bonds is 6. The number of thioether (sulfide) groups is 1. The van der Waals surface area contributed by atoms with Gasteiger partial charge in [-0.15, -0.1) is 11.8 Å². The number of nitrogens with zero attached hydrogens (tertiary/aromatic N) is 2. The van der Waals surface area contributed by atoms with Crippen LogP contribution in [0.25, 0.3) is 0 Å². The van der Waals surface area contributed by atoms with Crippen molar-refractivity contribution in [3.8, 4) is 0 Å². The molecule has 1 aromatic heterocycles. The standard InChI is InChI=1S/C12H17N3O4S/c1-6-9(11(20-3)14-7(2)13-6)10(17)15-8(4-5-16)12(18)19/h8,16H,4-5H2,1-3H3,(H,15,17)(H,18,19)/t8-/m0/s1. The van der Waals surface area contributed by atoms with Crippen LogP contribution in [-0.2, 0) is 4.79 Å². The van der Waals surface area contributed by atoms with E-state index in [1.807, 2.05) is 0 Å². The molecular weight excluding hydrogens is 282 g/mol. The number of aromatic nitrogens is 2. The molecule has 0 radical (unpaired) electrons. The minimum Gasteiger partial charge on any atom is -0.480 e. The Kier molecular flexibility index (Phi) is 5.90. The van der Waals surface area contributed by atoms with Gasteiger partial charge in [-0.05, 0) is 20.1 Å². The van der Waals surface area contributed by atoms with E-state index in [2.05, 4.69) is 15.3 Å². The maximum Gasteiger partial charge on any atom is 0.326 e. The van der Waals surface area contributed by atoms with Gasteiger partial charge in [0.2, 0.25) is 0 Å². The van der Waals surface area contributed by atoms with Crippen molar-refractivity contribution in [1.29, 1.82) is 0 Å². The Bertz CT molecular complexity index is 522. The molecule has 1 heterocycles. The van der Waals surface area contributed by atoms with Gasteiger partial charge in [0, 0.05) is 13.0 Å². The highest BCUT2D eigenvalue weighted by Crippen LogP contribution is 2.20. The maximum atomic E-state index is 12.2. The average molecular weight is 299 g/mol. The smallest absolute Gasteiger partial charge is 0.326 e. The van der Waals surface area contributed by atoms with Gasteiger partial charge in [-0.1, -0.05) is 0 Å². The van der Waals surface area contributed by atoms with Gasteiger partial charge < -0.3 is 15.5 Å². The summed E-state index contributed by atoms with van der Waals surface area (Å²) in [4.78, 5) is 31.5. The second-order valence-corrected chi connectivity index (χ2v) is 4.91. The van der Waals surface area contributed by atoms with E-state index in [-0.39, 0.29) is 18.6 Å². The van der Waals surface area contributed by atoms with Crippen LogP contribution in [0.15, 0.2) is 5.03 Å². The summed E-state index contributed by atoms with van der Waals surface area (Å²) in [5.41, 5.74) is 0.764. The van der Waals surface area contributed by atoms with E-state index in [1.165, 1.54) is 11.8 Å². The molecule has 3 N–H and O–H groups in total. The first-order valence-corrected chi connectivity index (χ1v) is 7.17. The molecule has 0 saturated heterocycles. The molecule has 8 heteroatoms. The van der Waals surface area contributed by atoms with Gasteiger partial charge in [-0.25, -0.2) is 14.8 Å². The van der Waals surface area contributed by atoms with E-state index >= 15 is 0 Å². The summed E-state index contributed by atoms with van der Waals surface area (Å²) in [6, 6.07) is -1.14. The van der Waals surface area contributed by atoms with Crippen LogP contribution in [0, 0.1) is 13.8 Å². The lowest BCUT2D eigenvalue weighted by Crippen LogP contribution is -2.42. The van der Waals surface area contributed by atoms with Crippen LogP contribution in [0.2, 0.25) is 0 Å². The summed E-state index contributed by atoms with van der Waals surface area (Å²) < 4.78 is 0. The Balaban J connectivity index is 3.05. The van der Waals surface area contributed by atoms with E-state index in [0.717, 1.165) is 0 Å². The van der Waals surface area contributed by atoms with E-state index in [1.54, 1.807) is 20.1 Å². The molecule has 0 aliphatic rings. The number of carboxylic acids is 1. The van der Waals surface area contributed by atoms with Crippen molar-refractivity contribution >= 4 is 23.6 Å². The zero-order valence-electron chi connectivity index (χ0n) is 11.5. The number of hydrogen-bond donors (Lipinski definition) is 3. The Morgan fingerprint density at radius 1 is 1.35 bits per heavy atom. The van der Waals surface area contributed by atoms with Gasteiger partial charge in [0.25, 0.3) is 5.91 Å². The Labute approximate surface area is 120 Å². The van der Waals surface area contributed by atoms with Crippen molar-refractivity contribution in [3.63, 3.8) is 0 Å². The first kappa shape index (κ1) is 16.4. The number of carbonyl (C=O) groups is 2. The fourth-order valence-corrected chi connectivity index (χ4v) is 2.38. The number of carboxylic acid groups (broad SMARTS) is 1. The minimum absolute atomic E-state index is 0.0541. The molecule has 0 bridgehead atoms. The molecule has 1 amide bonds. The van der Waals surface area contributed by atoms with Gasteiger partial charge in [-0.2, -0.15) is 0 Å². The fourth-order valence-electron chi connectivity index (χ4n) is 1.71. The molecule has 0 aliphatic heterocycles. The van der Waals surface area contributed by atoms with Crippen molar-refractivity contribution < 1.29 is 19.8 Å². The summed E-state index contributed by atoms with van der Waals surface area (Å²) in [6.07, 6.45) is 1.72. The molecule has 1 atom stereocenters. The zero-order chi connectivity index (χ0) is 15.3. The van der Waals surface area contributed by atoms with E-state index in [4.69, 9.17) is 10.2 Å². The van der Waals surface area contributed by atoms with E-state index in [0.29, 0.717) is 16.5 Å². The molecule has 7 nitrogen and oxygen atoms in total. The first-order chi connectivity index (χ1) is 9.40. The monoisotopic (exact) mass is 299 g/mol. The molecule has 0 aromatic carbocycles. The Morgan fingerprint density at radius 3 is 2.50 bits per heavy atom. The lowest BCUT2D eigenvalue weighted by molar-refractivity contribution is -0.139. The van der Waals surface area contributed by atoms with E-state index < -0.39 is 17.9 Å². The van der Waals surface area contributed by atoms with Crippen molar-refractivity contribution in [1.82, 2.24) is 15.3 Å². The van der Waals surface area contributed by atoms with Crippen LogP contribution in [-0.4, -0.2) is 51.0 Å². The highest BCUT2D eigenvalue weighted by molar-refractivity contribution is 7.98. The number of hydrogen-bond acceptors (Lipinski definition) is 6. The molecule has 110 valence electrons. The SMILES string of the molecule is CSc1nc(C)nc(C)c1C(=O)N[C@@H](CCO)C(=O)O. The number of nitrogens with one attached hydrogen (secondary N) is 1. The Hall–Kier alpha value is -1.67. The number of aliphatic hydroxyl groups excluding tert-OH is 1. The van der Waals surface area contributed by atoms with Crippen molar-refractivity contribution in [3.05, 3.63) is 17.1 Å². The summed E-state index contributed by atoms with van der Waals surface area (Å²) in [7, 11) is 0. The molecule has 0 aliphatic carbocycles. The molecule has 0 unspecified atom stereocenters.